The minimum atomic E-state index is -3.59. The van der Waals surface area contributed by atoms with Crippen LogP contribution in [0.3, 0.4) is 0 Å². The number of nitrogens with zero attached hydrogens (tertiary/aromatic N) is 1. The standard InChI is InChI=1S/C19H29N3O3S/c1-2-12-22(17-10-11-20-14-17)19(23)15-6-5-9-18(13-15)26(24,25)21-16-7-3-4-8-16/h5-6,9,13,16-17,20-21H,2-4,7-8,10-12,14H2,1H3. The van der Waals surface area contributed by atoms with Gasteiger partial charge in [-0.3, -0.25) is 4.79 Å². The van der Waals surface area contributed by atoms with E-state index in [1.807, 2.05) is 4.90 Å². The highest BCUT2D eigenvalue weighted by atomic mass is 32.2. The Hall–Kier alpha value is -1.44. The van der Waals surface area contributed by atoms with Gasteiger partial charge in [0.2, 0.25) is 10.0 Å². The van der Waals surface area contributed by atoms with Gasteiger partial charge in [0.1, 0.15) is 0 Å². The van der Waals surface area contributed by atoms with Gasteiger partial charge in [-0.25, -0.2) is 13.1 Å². The highest BCUT2D eigenvalue weighted by molar-refractivity contribution is 7.89. The molecule has 1 saturated heterocycles. The van der Waals surface area contributed by atoms with Crippen molar-refractivity contribution in [2.45, 2.75) is 62.4 Å². The Bertz CT molecular complexity index is 723. The van der Waals surface area contributed by atoms with Crippen molar-refractivity contribution in [3.8, 4) is 0 Å². The van der Waals surface area contributed by atoms with Gasteiger partial charge < -0.3 is 10.2 Å². The lowest BCUT2D eigenvalue weighted by Gasteiger charge is -2.28. The van der Waals surface area contributed by atoms with Gasteiger partial charge in [-0.2, -0.15) is 0 Å². The lowest BCUT2D eigenvalue weighted by molar-refractivity contribution is 0.0692. The largest absolute Gasteiger partial charge is 0.334 e. The number of hydrogen-bond acceptors (Lipinski definition) is 4. The fraction of sp³-hybridized carbons (Fsp3) is 0.632. The van der Waals surface area contributed by atoms with Gasteiger partial charge in [0.05, 0.1) is 4.90 Å². The van der Waals surface area contributed by atoms with Gasteiger partial charge in [-0.1, -0.05) is 25.8 Å². The van der Waals surface area contributed by atoms with Crippen LogP contribution >= 0.6 is 0 Å². The molecular formula is C19H29N3O3S. The fourth-order valence-electron chi connectivity index (χ4n) is 3.89. The van der Waals surface area contributed by atoms with E-state index in [0.29, 0.717) is 12.1 Å². The minimum Gasteiger partial charge on any atom is -0.334 e. The van der Waals surface area contributed by atoms with E-state index in [2.05, 4.69) is 17.0 Å². The molecule has 1 amide bonds. The van der Waals surface area contributed by atoms with Crippen LogP contribution in [0.15, 0.2) is 29.2 Å². The van der Waals surface area contributed by atoms with Crippen LogP contribution in [0.25, 0.3) is 0 Å². The molecule has 1 atom stereocenters. The highest BCUT2D eigenvalue weighted by Gasteiger charge is 2.28. The van der Waals surface area contributed by atoms with E-state index in [9.17, 15) is 13.2 Å². The second-order valence-electron chi connectivity index (χ2n) is 7.28. The zero-order valence-corrected chi connectivity index (χ0v) is 16.2. The summed E-state index contributed by atoms with van der Waals surface area (Å²) in [6.07, 6.45) is 5.71. The topological polar surface area (TPSA) is 78.5 Å². The normalized spacial score (nSPS) is 21.2. The molecule has 0 spiro atoms. The lowest BCUT2D eigenvalue weighted by Crippen LogP contribution is -2.42. The van der Waals surface area contributed by atoms with Gasteiger partial charge in [0.25, 0.3) is 5.91 Å². The van der Waals surface area contributed by atoms with Crippen LogP contribution in [0.4, 0.5) is 0 Å². The maximum absolute atomic E-state index is 13.0. The van der Waals surface area contributed by atoms with Crippen molar-refractivity contribution in [3.05, 3.63) is 29.8 Å². The first-order valence-corrected chi connectivity index (χ1v) is 11.1. The Labute approximate surface area is 156 Å². The molecule has 0 aromatic heterocycles. The Balaban J connectivity index is 1.79. The van der Waals surface area contributed by atoms with Crippen LogP contribution in [0, 0.1) is 0 Å². The predicted molar refractivity (Wildman–Crippen MR) is 102 cm³/mol. The van der Waals surface area contributed by atoms with E-state index in [4.69, 9.17) is 0 Å². The summed E-state index contributed by atoms with van der Waals surface area (Å²) < 4.78 is 28.1. The summed E-state index contributed by atoms with van der Waals surface area (Å²) in [4.78, 5) is 15.1. The van der Waals surface area contributed by atoms with E-state index < -0.39 is 10.0 Å². The molecule has 0 bridgehead atoms. The molecule has 1 heterocycles. The van der Waals surface area contributed by atoms with Crippen molar-refractivity contribution in [2.75, 3.05) is 19.6 Å². The van der Waals surface area contributed by atoms with E-state index in [1.54, 1.807) is 18.2 Å². The second kappa shape index (κ2) is 8.50. The van der Waals surface area contributed by atoms with Crippen LogP contribution in [0.1, 0.15) is 55.8 Å². The summed E-state index contributed by atoms with van der Waals surface area (Å²) in [5, 5.41) is 3.29. The molecule has 1 aliphatic heterocycles. The summed E-state index contributed by atoms with van der Waals surface area (Å²) in [5.41, 5.74) is 0.444. The molecule has 2 fully saturated rings. The third-order valence-corrected chi connectivity index (χ3v) is 6.79. The number of hydrogen-bond donors (Lipinski definition) is 2. The number of sulfonamides is 1. The maximum Gasteiger partial charge on any atom is 0.254 e. The first-order chi connectivity index (χ1) is 12.5. The number of rotatable bonds is 7. The van der Waals surface area contributed by atoms with Crippen molar-refractivity contribution in [1.29, 1.82) is 0 Å². The first kappa shape index (κ1) is 19.3. The molecule has 1 aliphatic carbocycles. The Morgan fingerprint density at radius 3 is 2.69 bits per heavy atom. The van der Waals surface area contributed by atoms with Gasteiger partial charge in [-0.15, -0.1) is 0 Å². The van der Waals surface area contributed by atoms with Crippen LogP contribution < -0.4 is 10.0 Å². The van der Waals surface area contributed by atoms with E-state index in [0.717, 1.165) is 51.6 Å². The Kier molecular flexibility index (Phi) is 6.32. The first-order valence-electron chi connectivity index (χ1n) is 9.65. The van der Waals surface area contributed by atoms with Gasteiger partial charge >= 0.3 is 0 Å². The van der Waals surface area contributed by atoms with Crippen LogP contribution in [-0.4, -0.2) is 50.9 Å². The quantitative estimate of drug-likeness (QED) is 0.761. The number of benzene rings is 1. The molecule has 1 aromatic carbocycles. The lowest BCUT2D eigenvalue weighted by atomic mass is 10.1. The number of carbonyl (C=O) groups excluding carboxylic acids is 1. The molecule has 7 heteroatoms. The highest BCUT2D eigenvalue weighted by Crippen LogP contribution is 2.22. The Morgan fingerprint density at radius 1 is 1.27 bits per heavy atom. The summed E-state index contributed by atoms with van der Waals surface area (Å²) in [5.74, 6) is -0.0848. The number of nitrogens with one attached hydrogen (secondary N) is 2. The maximum atomic E-state index is 13.0. The fourth-order valence-corrected chi connectivity index (χ4v) is 5.24. The van der Waals surface area contributed by atoms with Crippen LogP contribution in [0.2, 0.25) is 0 Å². The van der Waals surface area contributed by atoms with Crippen molar-refractivity contribution in [2.24, 2.45) is 0 Å². The average molecular weight is 380 g/mol. The molecule has 2 aliphatic rings. The molecule has 1 unspecified atom stereocenters. The van der Waals surface area contributed by atoms with Crippen molar-refractivity contribution in [3.63, 3.8) is 0 Å². The SMILES string of the molecule is CCCN(C(=O)c1cccc(S(=O)(=O)NC2CCCC2)c1)C1CCNC1. The average Bonchev–Trinajstić information content (AvgIpc) is 3.33. The Morgan fingerprint density at radius 2 is 2.04 bits per heavy atom. The van der Waals surface area contributed by atoms with Gasteiger partial charge in [0.15, 0.2) is 0 Å². The number of carbonyl (C=O) groups is 1. The van der Waals surface area contributed by atoms with Crippen LogP contribution in [-0.2, 0) is 10.0 Å². The molecule has 1 aromatic rings. The summed E-state index contributed by atoms with van der Waals surface area (Å²) in [7, 11) is -3.59. The van der Waals surface area contributed by atoms with Crippen LogP contribution in [0.5, 0.6) is 0 Å². The van der Waals surface area contributed by atoms with Crippen molar-refractivity contribution < 1.29 is 13.2 Å². The third-order valence-electron chi connectivity index (χ3n) is 5.27. The monoisotopic (exact) mass is 379 g/mol. The molecular weight excluding hydrogens is 350 g/mol. The number of amides is 1. The second-order valence-corrected chi connectivity index (χ2v) is 8.99. The van der Waals surface area contributed by atoms with E-state index in [1.165, 1.54) is 6.07 Å². The van der Waals surface area contributed by atoms with Gasteiger partial charge in [0, 0.05) is 30.7 Å². The zero-order chi connectivity index (χ0) is 18.6. The molecule has 144 valence electrons. The predicted octanol–water partition coefficient (Wildman–Crippen LogP) is 2.12. The molecule has 6 nitrogen and oxygen atoms in total. The third kappa shape index (κ3) is 4.45. The zero-order valence-electron chi connectivity index (χ0n) is 15.4. The molecule has 2 N–H and O–H groups in total. The smallest absolute Gasteiger partial charge is 0.254 e. The molecule has 1 saturated carbocycles. The van der Waals surface area contributed by atoms with Gasteiger partial charge in [-0.05, 0) is 50.4 Å². The summed E-state index contributed by atoms with van der Waals surface area (Å²) >= 11 is 0. The van der Waals surface area contributed by atoms with Crippen molar-refractivity contribution >= 4 is 15.9 Å². The minimum absolute atomic E-state index is 0.0144. The molecule has 26 heavy (non-hydrogen) atoms. The van der Waals surface area contributed by atoms with E-state index >= 15 is 0 Å². The molecule has 0 radical (unpaired) electrons. The van der Waals surface area contributed by atoms with Crippen molar-refractivity contribution in [1.82, 2.24) is 14.9 Å². The summed E-state index contributed by atoms with van der Waals surface area (Å²) in [6, 6.07) is 6.65. The molecule has 3 rings (SSSR count). The summed E-state index contributed by atoms with van der Waals surface area (Å²) in [6.45, 7) is 4.45. The van der Waals surface area contributed by atoms with E-state index in [-0.39, 0.29) is 22.9 Å².